The fraction of sp³-hybridized carbons (Fsp3) is 0.409. The second-order valence-corrected chi connectivity index (χ2v) is 7.38. The number of allylic oxidation sites excluding steroid dienone is 3. The second-order valence-electron chi connectivity index (χ2n) is 7.38. The summed E-state index contributed by atoms with van der Waals surface area (Å²) in [6, 6.07) is 6.09. The van der Waals surface area contributed by atoms with Gasteiger partial charge in [-0.05, 0) is 57.3 Å². The topological polar surface area (TPSA) is 82.7 Å². The zero-order valence-electron chi connectivity index (χ0n) is 17.6. The highest BCUT2D eigenvalue weighted by molar-refractivity contribution is 5.86. The summed E-state index contributed by atoms with van der Waals surface area (Å²) in [7, 11) is 4.15. The smallest absolute Gasteiger partial charge is 0.155 e. The van der Waals surface area contributed by atoms with Crippen LogP contribution in [0, 0.1) is 0 Å². The van der Waals surface area contributed by atoms with Crippen LogP contribution in [0.5, 0.6) is 0 Å². The minimum atomic E-state index is 0.121. The van der Waals surface area contributed by atoms with Crippen molar-refractivity contribution < 1.29 is 4.74 Å². The monoisotopic (exact) mass is 394 g/mol. The number of hydrogen-bond donors (Lipinski definition) is 2. The number of rotatable bonds is 10. The van der Waals surface area contributed by atoms with E-state index in [4.69, 9.17) is 4.74 Å². The fourth-order valence-electron chi connectivity index (χ4n) is 3.16. The first-order valence-electron chi connectivity index (χ1n) is 10.1. The molecule has 7 nitrogen and oxygen atoms in total. The highest BCUT2D eigenvalue weighted by atomic mass is 16.5. The van der Waals surface area contributed by atoms with Crippen LogP contribution < -0.4 is 0 Å². The van der Waals surface area contributed by atoms with E-state index in [1.54, 1.807) is 0 Å². The van der Waals surface area contributed by atoms with Crippen molar-refractivity contribution in [1.82, 2.24) is 30.3 Å². The molecule has 1 atom stereocenters. The third-order valence-electron chi connectivity index (χ3n) is 4.68. The van der Waals surface area contributed by atoms with Crippen molar-refractivity contribution in [2.75, 3.05) is 27.2 Å². The summed E-state index contributed by atoms with van der Waals surface area (Å²) in [5.74, 6) is 1.76. The number of aromatic amines is 2. The first-order chi connectivity index (χ1) is 14.1. The molecule has 0 amide bonds. The van der Waals surface area contributed by atoms with Crippen molar-refractivity contribution in [3.8, 4) is 11.4 Å². The van der Waals surface area contributed by atoms with Gasteiger partial charge < -0.3 is 9.64 Å². The molecule has 2 aromatic heterocycles. The Kier molecular flexibility index (Phi) is 7.19. The molecular weight excluding hydrogens is 364 g/mol. The molecule has 0 aliphatic heterocycles. The van der Waals surface area contributed by atoms with E-state index in [1.165, 1.54) is 6.33 Å². The second kappa shape index (κ2) is 10.0. The quantitative estimate of drug-likeness (QED) is 0.305. The van der Waals surface area contributed by atoms with Crippen molar-refractivity contribution in [2.45, 2.75) is 32.6 Å². The Balaban J connectivity index is 1.82. The minimum absolute atomic E-state index is 0.121. The van der Waals surface area contributed by atoms with Gasteiger partial charge in [-0.3, -0.25) is 10.2 Å². The standard InChI is InChI=1S/C22H30N6O/c1-5-6-8-18(29-12-7-11-28(3)4)13-16(2)21-19-14-17(22-23-15-24-27-22)9-10-20(19)25-26-21/h6,8-10,13-16H,5,7,11-12H2,1-4H3,(H,25,26)(H,23,24,27)/b8-6-,18-13+. The van der Waals surface area contributed by atoms with Gasteiger partial charge >= 0.3 is 0 Å². The molecule has 0 bridgehead atoms. The van der Waals surface area contributed by atoms with E-state index in [2.05, 4.69) is 82.5 Å². The SMILES string of the molecule is CC/C=C\C(=C/C(C)c1[nH]nc2ccc(-c3ncn[nH]3)cc12)OCCCN(C)C. The summed E-state index contributed by atoms with van der Waals surface area (Å²) in [4.78, 5) is 6.41. The van der Waals surface area contributed by atoms with Crippen LogP contribution in [-0.4, -0.2) is 57.5 Å². The van der Waals surface area contributed by atoms with Gasteiger partial charge in [0, 0.05) is 29.1 Å². The molecule has 0 spiro atoms. The van der Waals surface area contributed by atoms with Gasteiger partial charge in [0.05, 0.1) is 12.1 Å². The molecule has 1 aromatic carbocycles. The van der Waals surface area contributed by atoms with Crippen LogP contribution >= 0.6 is 0 Å². The number of fused-ring (bicyclic) bond motifs is 1. The van der Waals surface area contributed by atoms with Gasteiger partial charge in [-0.25, -0.2) is 4.98 Å². The molecule has 0 radical (unpaired) electrons. The van der Waals surface area contributed by atoms with E-state index in [9.17, 15) is 0 Å². The highest BCUT2D eigenvalue weighted by Gasteiger charge is 2.14. The summed E-state index contributed by atoms with van der Waals surface area (Å²) >= 11 is 0. The number of H-pyrrole nitrogens is 2. The Morgan fingerprint density at radius 2 is 2.14 bits per heavy atom. The maximum Gasteiger partial charge on any atom is 0.155 e. The Hall–Kier alpha value is -2.93. The van der Waals surface area contributed by atoms with Crippen LogP contribution in [0.2, 0.25) is 0 Å². The molecule has 7 heteroatoms. The lowest BCUT2D eigenvalue weighted by Crippen LogP contribution is -2.14. The van der Waals surface area contributed by atoms with Crippen molar-refractivity contribution in [3.05, 3.63) is 54.2 Å². The van der Waals surface area contributed by atoms with E-state index < -0.39 is 0 Å². The molecular formula is C22H30N6O. The van der Waals surface area contributed by atoms with E-state index in [-0.39, 0.29) is 5.92 Å². The summed E-state index contributed by atoms with van der Waals surface area (Å²) < 4.78 is 6.05. The van der Waals surface area contributed by atoms with Gasteiger partial charge in [-0.2, -0.15) is 10.2 Å². The minimum Gasteiger partial charge on any atom is -0.494 e. The predicted molar refractivity (Wildman–Crippen MR) is 117 cm³/mol. The highest BCUT2D eigenvalue weighted by Crippen LogP contribution is 2.28. The van der Waals surface area contributed by atoms with Crippen molar-refractivity contribution >= 4 is 10.9 Å². The Bertz CT molecular complexity index is 955. The number of benzene rings is 1. The maximum atomic E-state index is 6.05. The van der Waals surface area contributed by atoms with Gasteiger partial charge in [0.25, 0.3) is 0 Å². The summed E-state index contributed by atoms with van der Waals surface area (Å²) in [6.45, 7) is 5.98. The lowest BCUT2D eigenvalue weighted by Gasteiger charge is -2.13. The molecule has 0 aliphatic rings. The number of hydrogen-bond acceptors (Lipinski definition) is 5. The predicted octanol–water partition coefficient (Wildman–Crippen LogP) is 4.27. The van der Waals surface area contributed by atoms with E-state index in [1.807, 2.05) is 12.1 Å². The van der Waals surface area contributed by atoms with Crippen LogP contribution in [0.3, 0.4) is 0 Å². The van der Waals surface area contributed by atoms with Gasteiger partial charge in [0.15, 0.2) is 5.82 Å². The first-order valence-corrected chi connectivity index (χ1v) is 10.1. The molecule has 0 fully saturated rings. The molecule has 0 saturated carbocycles. The number of aromatic nitrogens is 5. The third-order valence-corrected chi connectivity index (χ3v) is 4.68. The van der Waals surface area contributed by atoms with E-state index in [0.717, 1.165) is 53.1 Å². The molecule has 2 heterocycles. The van der Waals surface area contributed by atoms with Crippen LogP contribution in [-0.2, 0) is 4.74 Å². The summed E-state index contributed by atoms with van der Waals surface area (Å²) in [6.07, 6.45) is 9.81. The van der Waals surface area contributed by atoms with Crippen LogP contribution in [0.15, 0.2) is 48.5 Å². The Labute approximate surface area is 171 Å². The molecule has 154 valence electrons. The van der Waals surface area contributed by atoms with Gasteiger partial charge in [-0.15, -0.1) is 0 Å². The fourth-order valence-corrected chi connectivity index (χ4v) is 3.16. The third kappa shape index (κ3) is 5.54. The maximum absolute atomic E-state index is 6.05. The molecule has 3 aromatic rings. The molecule has 0 aliphatic carbocycles. The summed E-state index contributed by atoms with van der Waals surface area (Å²) in [5.41, 5.74) is 2.97. The largest absolute Gasteiger partial charge is 0.494 e. The summed E-state index contributed by atoms with van der Waals surface area (Å²) in [5, 5.41) is 15.6. The molecule has 0 saturated heterocycles. The molecule has 3 rings (SSSR count). The lowest BCUT2D eigenvalue weighted by atomic mass is 10.0. The van der Waals surface area contributed by atoms with Gasteiger partial charge in [0.1, 0.15) is 12.1 Å². The number of ether oxygens (including phenoxy) is 1. The van der Waals surface area contributed by atoms with Crippen LogP contribution in [0.25, 0.3) is 22.3 Å². The van der Waals surface area contributed by atoms with Crippen LogP contribution in [0.1, 0.15) is 38.3 Å². The normalized spacial score (nSPS) is 13.6. The first kappa shape index (κ1) is 20.8. The van der Waals surface area contributed by atoms with Crippen molar-refractivity contribution in [2.24, 2.45) is 0 Å². The van der Waals surface area contributed by atoms with Crippen molar-refractivity contribution in [3.63, 3.8) is 0 Å². The average Bonchev–Trinajstić information content (AvgIpc) is 3.38. The van der Waals surface area contributed by atoms with E-state index in [0.29, 0.717) is 6.61 Å². The Morgan fingerprint density at radius 1 is 1.28 bits per heavy atom. The zero-order valence-corrected chi connectivity index (χ0v) is 17.6. The van der Waals surface area contributed by atoms with Gasteiger partial charge in [-0.1, -0.05) is 19.9 Å². The number of nitrogens with zero attached hydrogens (tertiary/aromatic N) is 4. The number of nitrogens with one attached hydrogen (secondary N) is 2. The average molecular weight is 395 g/mol. The Morgan fingerprint density at radius 3 is 2.86 bits per heavy atom. The van der Waals surface area contributed by atoms with Gasteiger partial charge in [0.2, 0.25) is 0 Å². The zero-order chi connectivity index (χ0) is 20.6. The molecule has 2 N–H and O–H groups in total. The lowest BCUT2D eigenvalue weighted by molar-refractivity contribution is 0.205. The van der Waals surface area contributed by atoms with Crippen molar-refractivity contribution in [1.29, 1.82) is 0 Å². The van der Waals surface area contributed by atoms with E-state index >= 15 is 0 Å². The van der Waals surface area contributed by atoms with Crippen LogP contribution in [0.4, 0.5) is 0 Å². The molecule has 29 heavy (non-hydrogen) atoms. The molecule has 1 unspecified atom stereocenters.